The van der Waals surface area contributed by atoms with Gasteiger partial charge in [0, 0.05) is 18.2 Å². The second-order valence-corrected chi connectivity index (χ2v) is 5.15. The number of anilines is 1. The van der Waals surface area contributed by atoms with Crippen LogP contribution in [0.5, 0.6) is 0 Å². The summed E-state index contributed by atoms with van der Waals surface area (Å²) in [6, 6.07) is 7.41. The Morgan fingerprint density at radius 1 is 1.32 bits per heavy atom. The second kappa shape index (κ2) is 4.84. The lowest BCUT2D eigenvalue weighted by Crippen LogP contribution is -2.31. The van der Waals surface area contributed by atoms with E-state index in [9.17, 15) is 4.79 Å². The molecule has 1 aromatic carbocycles. The predicted octanol–water partition coefficient (Wildman–Crippen LogP) is 1.49. The molecular formula is C14H18N4O. The quantitative estimate of drug-likeness (QED) is 0.843. The van der Waals surface area contributed by atoms with Crippen LogP contribution >= 0.6 is 0 Å². The molecule has 2 N–H and O–H groups in total. The van der Waals surface area contributed by atoms with Gasteiger partial charge in [-0.05, 0) is 31.5 Å². The fourth-order valence-electron chi connectivity index (χ4n) is 1.91. The summed E-state index contributed by atoms with van der Waals surface area (Å²) in [7, 11) is 1.78. The Morgan fingerprint density at radius 2 is 1.95 bits per heavy atom. The normalized spacial score (nSPS) is 11.5. The Balaban J connectivity index is 2.21. The number of carbonyl (C=O) groups excluding carboxylic acids is 1. The zero-order valence-electron chi connectivity index (χ0n) is 11.4. The smallest absolute Gasteiger partial charge is 0.150 e. The first-order chi connectivity index (χ1) is 8.91. The number of Topliss-reactive ketones (excluding diaryl/α,β-unsaturated/α-hetero) is 1. The molecule has 0 saturated heterocycles. The molecule has 100 valence electrons. The Hall–Kier alpha value is -2.17. The molecule has 0 fully saturated rings. The van der Waals surface area contributed by atoms with Crippen molar-refractivity contribution in [3.8, 4) is 0 Å². The van der Waals surface area contributed by atoms with Gasteiger partial charge in [0.1, 0.15) is 17.9 Å². The Kier molecular flexibility index (Phi) is 3.38. The third-order valence-corrected chi connectivity index (χ3v) is 3.45. The van der Waals surface area contributed by atoms with Gasteiger partial charge in [-0.25, -0.2) is 4.98 Å². The van der Waals surface area contributed by atoms with Gasteiger partial charge in [-0.3, -0.25) is 9.48 Å². The largest absolute Gasteiger partial charge is 0.399 e. The molecule has 19 heavy (non-hydrogen) atoms. The third-order valence-electron chi connectivity index (χ3n) is 3.45. The lowest BCUT2D eigenvalue weighted by atomic mass is 9.79. The maximum atomic E-state index is 12.5. The number of hydrogen-bond acceptors (Lipinski definition) is 4. The van der Waals surface area contributed by atoms with Crippen LogP contribution in [0.3, 0.4) is 0 Å². The van der Waals surface area contributed by atoms with Crippen molar-refractivity contribution in [2.45, 2.75) is 25.7 Å². The van der Waals surface area contributed by atoms with E-state index in [1.54, 1.807) is 11.7 Å². The van der Waals surface area contributed by atoms with E-state index in [4.69, 9.17) is 5.73 Å². The van der Waals surface area contributed by atoms with Crippen LogP contribution in [-0.2, 0) is 23.7 Å². The van der Waals surface area contributed by atoms with E-state index in [1.165, 1.54) is 6.33 Å². The van der Waals surface area contributed by atoms with E-state index in [0.29, 0.717) is 11.5 Å². The van der Waals surface area contributed by atoms with Crippen LogP contribution in [0.25, 0.3) is 0 Å². The van der Waals surface area contributed by atoms with Gasteiger partial charge in [0.15, 0.2) is 0 Å². The number of hydrogen-bond donors (Lipinski definition) is 1. The summed E-state index contributed by atoms with van der Waals surface area (Å²) < 4.78 is 1.62. The number of nitrogens with zero attached hydrogens (tertiary/aromatic N) is 3. The number of nitrogen functional groups attached to an aromatic ring is 1. The number of carbonyl (C=O) groups is 1. The van der Waals surface area contributed by atoms with E-state index in [2.05, 4.69) is 10.1 Å². The molecule has 0 bridgehead atoms. The number of nitrogens with two attached hydrogens (primary N) is 1. The summed E-state index contributed by atoms with van der Waals surface area (Å²) in [5, 5.41) is 3.97. The summed E-state index contributed by atoms with van der Waals surface area (Å²) in [5.41, 5.74) is 6.75. The van der Waals surface area contributed by atoms with Gasteiger partial charge >= 0.3 is 0 Å². The number of rotatable bonds is 4. The average Bonchev–Trinajstić information content (AvgIpc) is 2.75. The standard InChI is InChI=1S/C14H18N4O/c1-14(2,10-4-6-11(15)7-5-10)12(19)8-13-16-9-17-18(13)3/h4-7,9H,8,15H2,1-3H3. The van der Waals surface area contributed by atoms with Gasteiger partial charge in [0.2, 0.25) is 0 Å². The van der Waals surface area contributed by atoms with Crippen LogP contribution in [0.15, 0.2) is 30.6 Å². The number of aryl methyl sites for hydroxylation is 1. The number of benzene rings is 1. The highest BCUT2D eigenvalue weighted by atomic mass is 16.1. The van der Waals surface area contributed by atoms with Crippen LogP contribution in [0.4, 0.5) is 5.69 Å². The number of ketones is 1. The van der Waals surface area contributed by atoms with Crippen molar-refractivity contribution >= 4 is 11.5 Å². The van der Waals surface area contributed by atoms with Crippen LogP contribution in [-0.4, -0.2) is 20.5 Å². The highest BCUT2D eigenvalue weighted by molar-refractivity contribution is 5.90. The van der Waals surface area contributed by atoms with Crippen LogP contribution in [0.2, 0.25) is 0 Å². The van der Waals surface area contributed by atoms with Crippen molar-refractivity contribution in [1.29, 1.82) is 0 Å². The van der Waals surface area contributed by atoms with Crippen LogP contribution < -0.4 is 5.73 Å². The van der Waals surface area contributed by atoms with Gasteiger partial charge in [-0.1, -0.05) is 12.1 Å². The van der Waals surface area contributed by atoms with Gasteiger partial charge in [0.25, 0.3) is 0 Å². The lowest BCUT2D eigenvalue weighted by Gasteiger charge is -2.23. The molecule has 2 aromatic rings. The summed E-state index contributed by atoms with van der Waals surface area (Å²) in [6.45, 7) is 3.83. The summed E-state index contributed by atoms with van der Waals surface area (Å²) in [6.07, 6.45) is 1.73. The third kappa shape index (κ3) is 2.65. The summed E-state index contributed by atoms with van der Waals surface area (Å²) in [4.78, 5) is 16.5. The lowest BCUT2D eigenvalue weighted by molar-refractivity contribution is -0.123. The fraction of sp³-hybridized carbons (Fsp3) is 0.357. The SMILES string of the molecule is Cn1ncnc1CC(=O)C(C)(C)c1ccc(N)cc1. The molecule has 0 radical (unpaired) electrons. The van der Waals surface area contributed by atoms with Gasteiger partial charge in [0.05, 0.1) is 6.42 Å². The zero-order chi connectivity index (χ0) is 14.0. The molecule has 0 aliphatic heterocycles. The summed E-state index contributed by atoms with van der Waals surface area (Å²) >= 11 is 0. The first kappa shape index (κ1) is 13.3. The van der Waals surface area contributed by atoms with Crippen molar-refractivity contribution < 1.29 is 4.79 Å². The molecule has 1 heterocycles. The first-order valence-corrected chi connectivity index (χ1v) is 6.13. The highest BCUT2D eigenvalue weighted by Crippen LogP contribution is 2.26. The van der Waals surface area contributed by atoms with Gasteiger partial charge in [-0.2, -0.15) is 5.10 Å². The first-order valence-electron chi connectivity index (χ1n) is 6.13. The monoisotopic (exact) mass is 258 g/mol. The molecule has 0 atom stereocenters. The highest BCUT2D eigenvalue weighted by Gasteiger charge is 2.30. The molecular weight excluding hydrogens is 240 g/mol. The minimum atomic E-state index is -0.570. The minimum Gasteiger partial charge on any atom is -0.399 e. The van der Waals surface area contributed by atoms with Crippen molar-refractivity contribution in [1.82, 2.24) is 14.8 Å². The van der Waals surface area contributed by atoms with Crippen molar-refractivity contribution in [2.24, 2.45) is 7.05 Å². The predicted molar refractivity (Wildman–Crippen MR) is 73.6 cm³/mol. The van der Waals surface area contributed by atoms with Crippen molar-refractivity contribution in [3.63, 3.8) is 0 Å². The minimum absolute atomic E-state index is 0.105. The van der Waals surface area contributed by atoms with Crippen molar-refractivity contribution in [2.75, 3.05) is 5.73 Å². The molecule has 0 amide bonds. The molecule has 0 unspecified atom stereocenters. The molecule has 2 rings (SSSR count). The Labute approximate surface area is 112 Å². The van der Waals surface area contributed by atoms with Gasteiger partial charge < -0.3 is 5.73 Å². The molecule has 0 aliphatic carbocycles. The Bertz CT molecular complexity index is 584. The van der Waals surface area contributed by atoms with Gasteiger partial charge in [-0.15, -0.1) is 0 Å². The van der Waals surface area contributed by atoms with E-state index in [1.807, 2.05) is 38.1 Å². The van der Waals surface area contributed by atoms with E-state index in [0.717, 1.165) is 5.56 Å². The molecule has 1 aromatic heterocycles. The maximum absolute atomic E-state index is 12.5. The van der Waals surface area contributed by atoms with E-state index in [-0.39, 0.29) is 12.2 Å². The zero-order valence-corrected chi connectivity index (χ0v) is 11.4. The fourth-order valence-corrected chi connectivity index (χ4v) is 1.91. The average molecular weight is 258 g/mol. The summed E-state index contributed by atoms with van der Waals surface area (Å²) in [5.74, 6) is 0.780. The molecule has 0 spiro atoms. The number of aromatic nitrogens is 3. The second-order valence-electron chi connectivity index (χ2n) is 5.15. The van der Waals surface area contributed by atoms with Crippen LogP contribution in [0.1, 0.15) is 25.2 Å². The molecule has 5 nitrogen and oxygen atoms in total. The molecule has 5 heteroatoms. The Morgan fingerprint density at radius 3 is 2.47 bits per heavy atom. The molecule has 0 saturated carbocycles. The topological polar surface area (TPSA) is 73.8 Å². The van der Waals surface area contributed by atoms with E-state index < -0.39 is 5.41 Å². The van der Waals surface area contributed by atoms with Crippen LogP contribution in [0, 0.1) is 0 Å². The maximum Gasteiger partial charge on any atom is 0.150 e. The molecule has 0 aliphatic rings. The van der Waals surface area contributed by atoms with Crippen molar-refractivity contribution in [3.05, 3.63) is 42.0 Å². The van der Waals surface area contributed by atoms with E-state index >= 15 is 0 Å².